The average Bonchev–Trinajstić information content (AvgIpc) is 2.65. The van der Waals surface area contributed by atoms with E-state index in [1.165, 1.54) is 0 Å². The summed E-state index contributed by atoms with van der Waals surface area (Å²) in [5.74, 6) is 4.86. The lowest BCUT2D eigenvalue weighted by Gasteiger charge is -1.99. The van der Waals surface area contributed by atoms with Gasteiger partial charge in [0, 0.05) is 15.4 Å². The normalized spacial score (nSPS) is 10.7. The number of amides is 1. The molecule has 4 nitrogen and oxygen atoms in total. The van der Waals surface area contributed by atoms with Crippen LogP contribution in [0.15, 0.2) is 22.7 Å². The summed E-state index contributed by atoms with van der Waals surface area (Å²) >= 11 is 3.42. The van der Waals surface area contributed by atoms with E-state index in [1.54, 1.807) is 0 Å². The monoisotopic (exact) mass is 281 g/mol. The number of hydrogen-bond donors (Lipinski definition) is 3. The fourth-order valence-electron chi connectivity index (χ4n) is 1.85. The van der Waals surface area contributed by atoms with Crippen molar-refractivity contribution in [2.75, 3.05) is 0 Å². The number of carbonyl (C=O) groups is 1. The minimum absolute atomic E-state index is 0.288. The molecule has 4 N–H and O–H groups in total. The van der Waals surface area contributed by atoms with Gasteiger partial charge in [0.25, 0.3) is 5.91 Å². The second kappa shape index (κ2) is 4.27. The molecule has 2 rings (SSSR count). The van der Waals surface area contributed by atoms with Crippen LogP contribution in [0.1, 0.15) is 23.0 Å². The molecule has 0 fully saturated rings. The molecule has 0 aliphatic carbocycles. The summed E-state index contributed by atoms with van der Waals surface area (Å²) in [6.45, 7) is 2.01. The predicted molar refractivity (Wildman–Crippen MR) is 67.0 cm³/mol. The van der Waals surface area contributed by atoms with E-state index in [-0.39, 0.29) is 5.91 Å². The summed E-state index contributed by atoms with van der Waals surface area (Å²) in [4.78, 5) is 14.6. The number of fused-ring (bicyclic) bond motifs is 1. The van der Waals surface area contributed by atoms with Crippen molar-refractivity contribution in [1.29, 1.82) is 0 Å². The number of H-pyrrole nitrogens is 1. The summed E-state index contributed by atoms with van der Waals surface area (Å²) in [7, 11) is 0. The number of nitrogen functional groups attached to an aromatic ring is 1. The van der Waals surface area contributed by atoms with Gasteiger partial charge in [0.2, 0.25) is 0 Å². The molecular formula is C11H12BrN3O. The first-order chi connectivity index (χ1) is 7.67. The second-order valence-electron chi connectivity index (χ2n) is 3.50. The standard InChI is InChI=1S/C11H12BrN3O/c1-2-7-8-5-6(12)3-4-9(8)14-10(7)11(16)15-13/h3-5,14H,2,13H2,1H3,(H,15,16). The zero-order valence-electron chi connectivity index (χ0n) is 8.80. The molecule has 0 unspecified atom stereocenters. The van der Waals surface area contributed by atoms with Crippen molar-refractivity contribution in [3.8, 4) is 0 Å². The molecule has 0 spiro atoms. The maximum atomic E-state index is 11.6. The van der Waals surface area contributed by atoms with E-state index in [1.807, 2.05) is 25.1 Å². The van der Waals surface area contributed by atoms with Crippen molar-refractivity contribution in [2.45, 2.75) is 13.3 Å². The van der Waals surface area contributed by atoms with Gasteiger partial charge < -0.3 is 4.98 Å². The molecule has 1 aromatic carbocycles. The van der Waals surface area contributed by atoms with Gasteiger partial charge >= 0.3 is 0 Å². The highest BCUT2D eigenvalue weighted by Crippen LogP contribution is 2.26. The summed E-state index contributed by atoms with van der Waals surface area (Å²) in [6, 6.07) is 5.87. The lowest BCUT2D eigenvalue weighted by atomic mass is 10.1. The van der Waals surface area contributed by atoms with Crippen molar-refractivity contribution in [3.05, 3.63) is 33.9 Å². The second-order valence-corrected chi connectivity index (χ2v) is 4.41. The number of aryl methyl sites for hydroxylation is 1. The Balaban J connectivity index is 2.71. The van der Waals surface area contributed by atoms with E-state index < -0.39 is 0 Å². The number of aromatic nitrogens is 1. The van der Waals surface area contributed by atoms with Crippen molar-refractivity contribution in [3.63, 3.8) is 0 Å². The molecule has 1 aromatic heterocycles. The molecule has 0 saturated heterocycles. The van der Waals surface area contributed by atoms with Gasteiger partial charge in [-0.15, -0.1) is 0 Å². The Morgan fingerprint density at radius 3 is 2.94 bits per heavy atom. The number of benzene rings is 1. The van der Waals surface area contributed by atoms with Gasteiger partial charge in [-0.3, -0.25) is 10.2 Å². The molecule has 0 bridgehead atoms. The first kappa shape index (κ1) is 11.2. The van der Waals surface area contributed by atoms with Gasteiger partial charge in [-0.2, -0.15) is 0 Å². The van der Waals surface area contributed by atoms with E-state index in [0.717, 1.165) is 27.4 Å². The molecule has 5 heteroatoms. The van der Waals surface area contributed by atoms with Crippen LogP contribution in [0.25, 0.3) is 10.9 Å². The molecule has 84 valence electrons. The van der Waals surface area contributed by atoms with Gasteiger partial charge in [0.05, 0.1) is 0 Å². The van der Waals surface area contributed by atoms with Crippen LogP contribution in [-0.2, 0) is 6.42 Å². The van der Waals surface area contributed by atoms with E-state index in [0.29, 0.717) is 5.69 Å². The number of carbonyl (C=O) groups excluding carboxylic acids is 1. The topological polar surface area (TPSA) is 70.9 Å². The number of nitrogens with two attached hydrogens (primary N) is 1. The fraction of sp³-hybridized carbons (Fsp3) is 0.182. The Morgan fingerprint density at radius 2 is 2.31 bits per heavy atom. The smallest absolute Gasteiger partial charge is 0.281 e. The molecule has 0 atom stereocenters. The fourth-order valence-corrected chi connectivity index (χ4v) is 2.21. The third-order valence-corrected chi connectivity index (χ3v) is 3.07. The Kier molecular flexibility index (Phi) is 2.98. The van der Waals surface area contributed by atoms with Crippen LogP contribution in [0.3, 0.4) is 0 Å². The van der Waals surface area contributed by atoms with Crippen molar-refractivity contribution in [1.82, 2.24) is 10.4 Å². The molecule has 1 amide bonds. The summed E-state index contributed by atoms with van der Waals surface area (Å²) in [5, 5.41) is 1.05. The predicted octanol–water partition coefficient (Wildman–Crippen LogP) is 2.10. The van der Waals surface area contributed by atoms with Crippen molar-refractivity contribution in [2.24, 2.45) is 5.84 Å². The van der Waals surface area contributed by atoms with Gasteiger partial charge in [-0.25, -0.2) is 5.84 Å². The van der Waals surface area contributed by atoms with Gasteiger partial charge in [-0.05, 0) is 30.2 Å². The number of aromatic amines is 1. The highest BCUT2D eigenvalue weighted by Gasteiger charge is 2.15. The maximum Gasteiger partial charge on any atom is 0.281 e. The zero-order chi connectivity index (χ0) is 11.7. The highest BCUT2D eigenvalue weighted by atomic mass is 79.9. The number of halogens is 1. The Labute approximate surface area is 101 Å². The molecule has 1 heterocycles. The Morgan fingerprint density at radius 1 is 1.56 bits per heavy atom. The minimum atomic E-state index is -0.288. The minimum Gasteiger partial charge on any atom is -0.350 e. The van der Waals surface area contributed by atoms with Gasteiger partial charge in [0.15, 0.2) is 0 Å². The SMILES string of the molecule is CCc1c(C(=O)NN)[nH]c2ccc(Br)cc12. The molecule has 16 heavy (non-hydrogen) atoms. The number of hydrazine groups is 1. The Bertz CT molecular complexity index is 547. The maximum absolute atomic E-state index is 11.6. The number of nitrogens with one attached hydrogen (secondary N) is 2. The van der Waals surface area contributed by atoms with E-state index in [2.05, 4.69) is 26.3 Å². The van der Waals surface area contributed by atoms with Crippen LogP contribution in [0.2, 0.25) is 0 Å². The highest BCUT2D eigenvalue weighted by molar-refractivity contribution is 9.10. The Hall–Kier alpha value is -1.33. The van der Waals surface area contributed by atoms with Gasteiger partial charge in [-0.1, -0.05) is 22.9 Å². The third-order valence-electron chi connectivity index (χ3n) is 2.58. The summed E-state index contributed by atoms with van der Waals surface area (Å²) in [6.07, 6.45) is 0.777. The van der Waals surface area contributed by atoms with Crippen LogP contribution < -0.4 is 11.3 Å². The number of rotatable bonds is 2. The molecule has 0 aliphatic heterocycles. The van der Waals surface area contributed by atoms with Crippen LogP contribution in [0, 0.1) is 0 Å². The van der Waals surface area contributed by atoms with Crippen LogP contribution in [0.5, 0.6) is 0 Å². The lowest BCUT2D eigenvalue weighted by molar-refractivity contribution is 0.0948. The molecule has 2 aromatic rings. The third kappa shape index (κ3) is 1.72. The zero-order valence-corrected chi connectivity index (χ0v) is 10.4. The van der Waals surface area contributed by atoms with E-state index in [9.17, 15) is 4.79 Å². The van der Waals surface area contributed by atoms with Gasteiger partial charge in [0.1, 0.15) is 5.69 Å². The van der Waals surface area contributed by atoms with Crippen LogP contribution in [0.4, 0.5) is 0 Å². The molecular weight excluding hydrogens is 270 g/mol. The van der Waals surface area contributed by atoms with Crippen molar-refractivity contribution < 1.29 is 4.79 Å². The van der Waals surface area contributed by atoms with E-state index in [4.69, 9.17) is 5.84 Å². The number of hydrogen-bond acceptors (Lipinski definition) is 2. The van der Waals surface area contributed by atoms with Crippen LogP contribution in [-0.4, -0.2) is 10.9 Å². The van der Waals surface area contributed by atoms with Crippen molar-refractivity contribution >= 4 is 32.7 Å². The lowest BCUT2D eigenvalue weighted by Crippen LogP contribution is -2.30. The average molecular weight is 282 g/mol. The molecule has 0 aliphatic rings. The molecule has 0 radical (unpaired) electrons. The first-order valence-corrected chi connectivity index (χ1v) is 5.77. The summed E-state index contributed by atoms with van der Waals surface area (Å²) in [5.41, 5.74) is 4.62. The largest absolute Gasteiger partial charge is 0.350 e. The quantitative estimate of drug-likeness (QED) is 0.448. The van der Waals surface area contributed by atoms with E-state index >= 15 is 0 Å². The summed E-state index contributed by atoms with van der Waals surface area (Å²) < 4.78 is 0.994. The van der Waals surface area contributed by atoms with Crippen LogP contribution >= 0.6 is 15.9 Å². The molecule has 0 saturated carbocycles. The first-order valence-electron chi connectivity index (χ1n) is 4.98.